The lowest BCUT2D eigenvalue weighted by molar-refractivity contribution is 0.0153. The molecule has 1 aromatic heterocycles. The minimum absolute atomic E-state index is 0.120. The van der Waals surface area contributed by atoms with Crippen molar-refractivity contribution in [2.45, 2.75) is 64.0 Å². The molecule has 2 heterocycles. The molecular weight excluding hydrogens is 230 g/mol. The molecule has 0 aromatic carbocycles. The molecular formula is C13H23N3O2. The molecule has 1 aromatic rings. The fraction of sp³-hybridized carbons (Fsp3) is 0.846. The Balaban J connectivity index is 1.81. The normalized spacial score (nSPS) is 22.0. The maximum absolute atomic E-state index is 5.96. The van der Waals surface area contributed by atoms with Crippen LogP contribution in [0.15, 0.2) is 4.52 Å². The summed E-state index contributed by atoms with van der Waals surface area (Å²) in [6, 6.07) is 0.120. The first kappa shape index (κ1) is 13.5. The molecule has 2 atom stereocenters. The third-order valence-electron chi connectivity index (χ3n) is 3.29. The van der Waals surface area contributed by atoms with Crippen LogP contribution in [0.2, 0.25) is 0 Å². The molecule has 0 radical (unpaired) electrons. The predicted molar refractivity (Wildman–Crippen MR) is 68.2 cm³/mol. The number of hydrogen-bond donors (Lipinski definition) is 1. The number of hydrogen-bond acceptors (Lipinski definition) is 5. The average molecular weight is 253 g/mol. The van der Waals surface area contributed by atoms with Crippen LogP contribution in [-0.2, 0) is 17.6 Å². The van der Waals surface area contributed by atoms with Crippen LogP contribution in [0.5, 0.6) is 0 Å². The van der Waals surface area contributed by atoms with Crippen molar-refractivity contribution in [3.8, 4) is 0 Å². The Kier molecular flexibility index (Phi) is 5.13. The molecule has 1 fully saturated rings. The zero-order valence-electron chi connectivity index (χ0n) is 11.1. The van der Waals surface area contributed by atoms with Gasteiger partial charge in [0.2, 0.25) is 5.89 Å². The van der Waals surface area contributed by atoms with E-state index >= 15 is 0 Å². The summed E-state index contributed by atoms with van der Waals surface area (Å²) in [4.78, 5) is 4.39. The molecule has 18 heavy (non-hydrogen) atoms. The summed E-state index contributed by atoms with van der Waals surface area (Å²) in [7, 11) is 0. The van der Waals surface area contributed by atoms with E-state index in [1.165, 1.54) is 12.8 Å². The molecule has 1 aliphatic heterocycles. The second-order valence-corrected chi connectivity index (χ2v) is 5.05. The van der Waals surface area contributed by atoms with Gasteiger partial charge in [0.05, 0.1) is 6.10 Å². The van der Waals surface area contributed by atoms with Crippen LogP contribution >= 0.6 is 0 Å². The Morgan fingerprint density at radius 3 is 3.06 bits per heavy atom. The van der Waals surface area contributed by atoms with E-state index in [4.69, 9.17) is 15.0 Å². The van der Waals surface area contributed by atoms with Gasteiger partial charge in [0.25, 0.3) is 0 Å². The van der Waals surface area contributed by atoms with E-state index in [0.29, 0.717) is 12.3 Å². The molecule has 0 amide bonds. The van der Waals surface area contributed by atoms with Gasteiger partial charge in [-0.15, -0.1) is 0 Å². The summed E-state index contributed by atoms with van der Waals surface area (Å²) < 4.78 is 10.9. The highest BCUT2D eigenvalue weighted by atomic mass is 16.5. The molecule has 102 valence electrons. The van der Waals surface area contributed by atoms with Gasteiger partial charge < -0.3 is 15.0 Å². The fourth-order valence-electron chi connectivity index (χ4n) is 2.33. The molecule has 2 unspecified atom stereocenters. The number of ether oxygens (including phenoxy) is 1. The molecule has 2 N–H and O–H groups in total. The van der Waals surface area contributed by atoms with Gasteiger partial charge in [-0.2, -0.15) is 4.98 Å². The minimum atomic E-state index is 0.120. The fourth-order valence-corrected chi connectivity index (χ4v) is 2.33. The second-order valence-electron chi connectivity index (χ2n) is 5.05. The standard InChI is InChI=1S/C13H23N3O2/c1-2-5-10(14)8-13-15-12(16-18-13)9-11-6-3-4-7-17-11/h10-11H,2-9,14H2,1H3. The predicted octanol–water partition coefficient (Wildman–Crippen LogP) is 1.85. The number of nitrogens with zero attached hydrogens (tertiary/aromatic N) is 2. The highest BCUT2D eigenvalue weighted by molar-refractivity contribution is 4.91. The van der Waals surface area contributed by atoms with Crippen molar-refractivity contribution in [3.63, 3.8) is 0 Å². The van der Waals surface area contributed by atoms with Crippen molar-refractivity contribution in [1.29, 1.82) is 0 Å². The molecule has 0 aliphatic carbocycles. The van der Waals surface area contributed by atoms with Crippen LogP contribution in [0.1, 0.15) is 50.7 Å². The summed E-state index contributed by atoms with van der Waals surface area (Å²) in [5.74, 6) is 1.40. The van der Waals surface area contributed by atoms with E-state index in [-0.39, 0.29) is 12.1 Å². The topological polar surface area (TPSA) is 74.2 Å². The van der Waals surface area contributed by atoms with Gasteiger partial charge >= 0.3 is 0 Å². The minimum Gasteiger partial charge on any atom is -0.378 e. The van der Waals surface area contributed by atoms with E-state index in [1.54, 1.807) is 0 Å². The maximum atomic E-state index is 5.96. The summed E-state index contributed by atoms with van der Waals surface area (Å²) in [5.41, 5.74) is 5.96. The zero-order valence-corrected chi connectivity index (χ0v) is 11.1. The monoisotopic (exact) mass is 253 g/mol. The maximum Gasteiger partial charge on any atom is 0.228 e. The SMILES string of the molecule is CCCC(N)Cc1nc(CC2CCCCO2)no1. The first-order chi connectivity index (χ1) is 8.78. The summed E-state index contributed by atoms with van der Waals surface area (Å²) in [5, 5.41) is 4.00. The number of aromatic nitrogens is 2. The van der Waals surface area contributed by atoms with Crippen molar-refractivity contribution in [2.24, 2.45) is 5.73 Å². The van der Waals surface area contributed by atoms with Crippen LogP contribution in [0, 0.1) is 0 Å². The highest BCUT2D eigenvalue weighted by Gasteiger charge is 2.18. The van der Waals surface area contributed by atoms with Gasteiger partial charge in [-0.3, -0.25) is 0 Å². The van der Waals surface area contributed by atoms with E-state index in [2.05, 4.69) is 17.1 Å². The molecule has 0 spiro atoms. The third-order valence-corrected chi connectivity index (χ3v) is 3.29. The Hall–Kier alpha value is -0.940. The van der Waals surface area contributed by atoms with Crippen molar-refractivity contribution in [2.75, 3.05) is 6.61 Å². The smallest absolute Gasteiger partial charge is 0.228 e. The molecule has 0 bridgehead atoms. The van der Waals surface area contributed by atoms with Crippen molar-refractivity contribution in [1.82, 2.24) is 10.1 Å². The number of nitrogens with two attached hydrogens (primary N) is 1. The molecule has 5 heteroatoms. The van der Waals surface area contributed by atoms with Crippen LogP contribution < -0.4 is 5.73 Å². The van der Waals surface area contributed by atoms with Gasteiger partial charge in [0.15, 0.2) is 5.82 Å². The van der Waals surface area contributed by atoms with Crippen LogP contribution in [0.25, 0.3) is 0 Å². The van der Waals surface area contributed by atoms with Gasteiger partial charge in [-0.1, -0.05) is 18.5 Å². The Morgan fingerprint density at radius 1 is 1.44 bits per heavy atom. The van der Waals surface area contributed by atoms with Gasteiger partial charge in [-0.25, -0.2) is 0 Å². The lowest BCUT2D eigenvalue weighted by atomic mass is 10.1. The molecule has 1 saturated heterocycles. The van der Waals surface area contributed by atoms with Gasteiger partial charge in [-0.05, 0) is 25.7 Å². The lowest BCUT2D eigenvalue weighted by Gasteiger charge is -2.20. The quantitative estimate of drug-likeness (QED) is 0.837. The molecule has 2 rings (SSSR count). The van der Waals surface area contributed by atoms with Gasteiger partial charge in [0, 0.05) is 25.5 Å². The largest absolute Gasteiger partial charge is 0.378 e. The van der Waals surface area contributed by atoms with E-state index in [1.807, 2.05) is 0 Å². The molecule has 1 aliphatic rings. The van der Waals surface area contributed by atoms with E-state index in [0.717, 1.165) is 38.1 Å². The molecule has 0 saturated carbocycles. The average Bonchev–Trinajstić information content (AvgIpc) is 2.78. The first-order valence-corrected chi connectivity index (χ1v) is 6.96. The summed E-state index contributed by atoms with van der Waals surface area (Å²) in [6.07, 6.45) is 7.25. The lowest BCUT2D eigenvalue weighted by Crippen LogP contribution is -2.23. The van der Waals surface area contributed by atoms with Crippen LogP contribution in [0.4, 0.5) is 0 Å². The highest BCUT2D eigenvalue weighted by Crippen LogP contribution is 2.16. The van der Waals surface area contributed by atoms with E-state index in [9.17, 15) is 0 Å². The molecule has 5 nitrogen and oxygen atoms in total. The van der Waals surface area contributed by atoms with Crippen molar-refractivity contribution in [3.05, 3.63) is 11.7 Å². The Labute approximate surface area is 108 Å². The Morgan fingerprint density at radius 2 is 2.33 bits per heavy atom. The Bertz CT molecular complexity index is 348. The third kappa shape index (κ3) is 4.07. The summed E-state index contributed by atoms with van der Waals surface area (Å²) >= 11 is 0. The van der Waals surface area contributed by atoms with Crippen molar-refractivity contribution < 1.29 is 9.26 Å². The zero-order chi connectivity index (χ0) is 12.8. The van der Waals surface area contributed by atoms with Gasteiger partial charge in [0.1, 0.15) is 0 Å². The van der Waals surface area contributed by atoms with Crippen LogP contribution in [0.3, 0.4) is 0 Å². The van der Waals surface area contributed by atoms with Crippen molar-refractivity contribution >= 4 is 0 Å². The van der Waals surface area contributed by atoms with Crippen LogP contribution in [-0.4, -0.2) is 28.9 Å². The van der Waals surface area contributed by atoms with E-state index < -0.39 is 0 Å². The number of rotatable bonds is 6. The second kappa shape index (κ2) is 6.85. The summed E-state index contributed by atoms with van der Waals surface area (Å²) in [6.45, 7) is 2.98. The first-order valence-electron chi connectivity index (χ1n) is 6.96.